The summed E-state index contributed by atoms with van der Waals surface area (Å²) in [6.07, 6.45) is 6.18. The van der Waals surface area contributed by atoms with Crippen LogP contribution in [0.5, 0.6) is 0 Å². The summed E-state index contributed by atoms with van der Waals surface area (Å²) in [5.74, 6) is 0.758. The van der Waals surface area contributed by atoms with Gasteiger partial charge in [-0.15, -0.1) is 0 Å². The molecule has 1 N–H and O–H groups in total. The summed E-state index contributed by atoms with van der Waals surface area (Å²) >= 11 is 0. The normalized spacial score (nSPS) is 16.0. The fraction of sp³-hybridized carbons (Fsp3) is 0.333. The Morgan fingerprint density at radius 3 is 2.71 bits per heavy atom. The number of rotatable bonds is 6. The van der Waals surface area contributed by atoms with Gasteiger partial charge in [0.05, 0.1) is 18.1 Å². The summed E-state index contributed by atoms with van der Waals surface area (Å²) in [6.45, 7) is 3.45. The van der Waals surface area contributed by atoms with Crippen molar-refractivity contribution in [2.75, 3.05) is 29.9 Å². The van der Waals surface area contributed by atoms with Gasteiger partial charge in [-0.05, 0) is 44.0 Å². The van der Waals surface area contributed by atoms with Gasteiger partial charge in [0.25, 0.3) is 0 Å². The van der Waals surface area contributed by atoms with Crippen LogP contribution in [0.1, 0.15) is 30.1 Å². The number of hydrogen-bond acceptors (Lipinski definition) is 8. The lowest BCUT2D eigenvalue weighted by molar-refractivity contribution is -0.120. The second kappa shape index (κ2) is 9.33. The Hall–Kier alpha value is -3.82. The molecule has 1 aromatic carbocycles. The van der Waals surface area contributed by atoms with Gasteiger partial charge < -0.3 is 15.0 Å². The van der Waals surface area contributed by atoms with Gasteiger partial charge in [0.1, 0.15) is 24.8 Å². The molecule has 10 heteroatoms. The van der Waals surface area contributed by atoms with Gasteiger partial charge in [0.2, 0.25) is 5.91 Å². The molecule has 0 spiro atoms. The van der Waals surface area contributed by atoms with Crippen LogP contribution in [-0.2, 0) is 9.53 Å². The Labute approximate surface area is 179 Å². The van der Waals surface area contributed by atoms with Gasteiger partial charge in [-0.3, -0.25) is 4.79 Å². The van der Waals surface area contributed by atoms with Crippen molar-refractivity contribution < 1.29 is 14.3 Å². The first-order valence-electron chi connectivity index (χ1n) is 10.1. The molecule has 4 rings (SSSR count). The highest BCUT2D eigenvalue weighted by Crippen LogP contribution is 2.24. The molecule has 10 nitrogen and oxygen atoms in total. The Morgan fingerprint density at radius 1 is 1.16 bits per heavy atom. The predicted molar refractivity (Wildman–Crippen MR) is 113 cm³/mol. The predicted octanol–water partition coefficient (Wildman–Crippen LogP) is 2.09. The fourth-order valence-electron chi connectivity index (χ4n) is 3.51. The van der Waals surface area contributed by atoms with E-state index in [1.165, 1.54) is 12.7 Å². The molecular weight excluding hydrogens is 398 g/mol. The van der Waals surface area contributed by atoms with Crippen LogP contribution in [-0.4, -0.2) is 56.3 Å². The maximum Gasteiger partial charge on any atom is 0.338 e. The molecule has 0 saturated carbocycles. The molecule has 2 aromatic heterocycles. The van der Waals surface area contributed by atoms with E-state index in [0.29, 0.717) is 30.2 Å². The van der Waals surface area contributed by atoms with E-state index in [-0.39, 0.29) is 17.8 Å². The number of anilines is 2. The van der Waals surface area contributed by atoms with E-state index in [9.17, 15) is 9.59 Å². The van der Waals surface area contributed by atoms with E-state index in [1.807, 2.05) is 6.07 Å². The number of ether oxygens (including phenoxy) is 1. The molecule has 0 unspecified atom stereocenters. The summed E-state index contributed by atoms with van der Waals surface area (Å²) in [7, 11) is 0. The van der Waals surface area contributed by atoms with Gasteiger partial charge >= 0.3 is 5.97 Å². The van der Waals surface area contributed by atoms with Crippen molar-refractivity contribution >= 4 is 23.4 Å². The van der Waals surface area contributed by atoms with Crippen LogP contribution in [0, 0.1) is 5.92 Å². The number of nitrogens with zero attached hydrogens (tertiary/aromatic N) is 6. The molecule has 1 fully saturated rings. The largest absolute Gasteiger partial charge is 0.462 e. The van der Waals surface area contributed by atoms with Gasteiger partial charge in [-0.2, -0.15) is 5.10 Å². The van der Waals surface area contributed by atoms with Crippen LogP contribution < -0.4 is 10.2 Å². The quantitative estimate of drug-likeness (QED) is 0.602. The van der Waals surface area contributed by atoms with E-state index >= 15 is 0 Å². The molecule has 0 radical (unpaired) electrons. The van der Waals surface area contributed by atoms with Gasteiger partial charge in [0, 0.05) is 24.8 Å². The maximum absolute atomic E-state index is 12.8. The van der Waals surface area contributed by atoms with Crippen molar-refractivity contribution in [3.8, 4) is 5.82 Å². The Balaban J connectivity index is 1.40. The second-order valence-electron chi connectivity index (χ2n) is 7.15. The minimum absolute atomic E-state index is 0.0564. The zero-order valence-electron chi connectivity index (χ0n) is 17.1. The van der Waals surface area contributed by atoms with Crippen molar-refractivity contribution in [1.29, 1.82) is 0 Å². The van der Waals surface area contributed by atoms with Crippen LogP contribution >= 0.6 is 0 Å². The number of amides is 1. The number of benzene rings is 1. The number of carbonyl (C=O) groups excluding carboxylic acids is 2. The smallest absolute Gasteiger partial charge is 0.338 e. The van der Waals surface area contributed by atoms with E-state index in [2.05, 4.69) is 30.3 Å². The third kappa shape index (κ3) is 4.85. The van der Waals surface area contributed by atoms with Crippen LogP contribution in [0.3, 0.4) is 0 Å². The van der Waals surface area contributed by atoms with Crippen molar-refractivity contribution in [2.45, 2.75) is 19.8 Å². The highest BCUT2D eigenvalue weighted by atomic mass is 16.5. The molecule has 31 heavy (non-hydrogen) atoms. The molecular formula is C21H23N7O3. The number of nitrogens with one attached hydrogen (secondary N) is 1. The van der Waals surface area contributed by atoms with Crippen molar-refractivity contribution in [1.82, 2.24) is 24.7 Å². The lowest BCUT2D eigenvalue weighted by Gasteiger charge is -2.32. The molecule has 0 aliphatic carbocycles. The first kappa shape index (κ1) is 20.5. The lowest BCUT2D eigenvalue weighted by Crippen LogP contribution is -2.41. The zero-order valence-corrected chi connectivity index (χ0v) is 17.1. The topological polar surface area (TPSA) is 115 Å². The summed E-state index contributed by atoms with van der Waals surface area (Å²) in [6, 6.07) is 8.54. The third-order valence-electron chi connectivity index (χ3n) is 5.07. The number of aromatic nitrogens is 5. The van der Waals surface area contributed by atoms with E-state index in [1.54, 1.807) is 42.2 Å². The average molecular weight is 421 g/mol. The summed E-state index contributed by atoms with van der Waals surface area (Å²) < 4.78 is 6.55. The Bertz CT molecular complexity index is 1040. The molecule has 1 saturated heterocycles. The highest BCUT2D eigenvalue weighted by Gasteiger charge is 2.27. The minimum atomic E-state index is -0.376. The number of hydrogen-bond donors (Lipinski definition) is 1. The first-order valence-corrected chi connectivity index (χ1v) is 10.1. The van der Waals surface area contributed by atoms with E-state index < -0.39 is 0 Å². The zero-order chi connectivity index (χ0) is 21.6. The molecule has 3 aromatic rings. The number of esters is 1. The Kier molecular flexibility index (Phi) is 6.16. The van der Waals surface area contributed by atoms with Gasteiger partial charge in [-0.1, -0.05) is 0 Å². The number of piperidine rings is 1. The highest BCUT2D eigenvalue weighted by molar-refractivity contribution is 5.94. The van der Waals surface area contributed by atoms with E-state index in [0.717, 1.165) is 25.2 Å². The maximum atomic E-state index is 12.8. The Morgan fingerprint density at radius 2 is 1.97 bits per heavy atom. The van der Waals surface area contributed by atoms with Crippen molar-refractivity contribution in [3.63, 3.8) is 0 Å². The van der Waals surface area contributed by atoms with Gasteiger partial charge in [-0.25, -0.2) is 24.4 Å². The van der Waals surface area contributed by atoms with E-state index in [4.69, 9.17) is 4.74 Å². The standard InChI is InChI=1S/C21H23N7O3/c1-2-31-21(30)15-5-7-17(8-6-15)26-20(29)16-4-3-9-27(11-16)18-10-19(24-13-23-18)28-14-22-12-25-28/h5-8,10,12-14,16H,2-4,9,11H2,1H3,(H,26,29)/t16-/m1/s1. The van der Waals surface area contributed by atoms with Crippen LogP contribution in [0.2, 0.25) is 0 Å². The van der Waals surface area contributed by atoms with Crippen LogP contribution in [0.15, 0.2) is 49.3 Å². The SMILES string of the molecule is CCOC(=O)c1ccc(NC(=O)[C@@H]2CCCN(c3cc(-n4cncn4)ncn3)C2)cc1. The average Bonchev–Trinajstić information content (AvgIpc) is 3.35. The van der Waals surface area contributed by atoms with Gasteiger partial charge in [0.15, 0.2) is 5.82 Å². The number of carbonyl (C=O) groups is 2. The first-order chi connectivity index (χ1) is 15.1. The monoisotopic (exact) mass is 421 g/mol. The molecule has 1 amide bonds. The minimum Gasteiger partial charge on any atom is -0.462 e. The molecule has 160 valence electrons. The fourth-order valence-corrected chi connectivity index (χ4v) is 3.51. The lowest BCUT2D eigenvalue weighted by atomic mass is 9.97. The summed E-state index contributed by atoms with van der Waals surface area (Å²) in [4.78, 5) is 39.2. The summed E-state index contributed by atoms with van der Waals surface area (Å²) in [5.41, 5.74) is 1.10. The molecule has 1 aliphatic rings. The third-order valence-corrected chi connectivity index (χ3v) is 5.07. The molecule has 0 bridgehead atoms. The molecule has 3 heterocycles. The molecule has 1 atom stereocenters. The van der Waals surface area contributed by atoms with Crippen molar-refractivity contribution in [3.05, 3.63) is 54.9 Å². The molecule has 1 aliphatic heterocycles. The van der Waals surface area contributed by atoms with Crippen molar-refractivity contribution in [2.24, 2.45) is 5.92 Å². The van der Waals surface area contributed by atoms with Crippen LogP contribution in [0.4, 0.5) is 11.5 Å². The summed E-state index contributed by atoms with van der Waals surface area (Å²) in [5, 5.41) is 7.04. The second-order valence-corrected chi connectivity index (χ2v) is 7.15. The van der Waals surface area contributed by atoms with Crippen LogP contribution in [0.25, 0.3) is 5.82 Å².